The zero-order valence-electron chi connectivity index (χ0n) is 12.0. The molecule has 0 bridgehead atoms. The van der Waals surface area contributed by atoms with Crippen molar-refractivity contribution in [3.05, 3.63) is 21.3 Å². The zero-order valence-corrected chi connectivity index (χ0v) is 13.6. The number of piperidine rings is 1. The summed E-state index contributed by atoms with van der Waals surface area (Å²) in [5.41, 5.74) is -0.0438. The van der Waals surface area contributed by atoms with E-state index in [0.29, 0.717) is 23.8 Å². The van der Waals surface area contributed by atoms with Gasteiger partial charge in [0.25, 0.3) is 0 Å². The van der Waals surface area contributed by atoms with E-state index in [1.165, 1.54) is 11.3 Å². The van der Waals surface area contributed by atoms with Crippen LogP contribution < -0.4 is 5.32 Å². The molecular formula is C15H19ClN2O2S. The van der Waals surface area contributed by atoms with Crippen LogP contribution >= 0.6 is 22.9 Å². The number of halogens is 1. The van der Waals surface area contributed by atoms with Gasteiger partial charge < -0.3 is 10.2 Å². The summed E-state index contributed by atoms with van der Waals surface area (Å²) >= 11 is 7.42. The van der Waals surface area contributed by atoms with E-state index in [1.54, 1.807) is 0 Å². The predicted octanol–water partition coefficient (Wildman–Crippen LogP) is 2.63. The number of carbonyl (C=O) groups excluding carboxylic acids is 2. The van der Waals surface area contributed by atoms with E-state index in [1.807, 2.05) is 24.0 Å². The topological polar surface area (TPSA) is 49.4 Å². The van der Waals surface area contributed by atoms with Crippen LogP contribution in [-0.2, 0) is 9.59 Å². The van der Waals surface area contributed by atoms with Gasteiger partial charge in [-0.3, -0.25) is 9.59 Å². The van der Waals surface area contributed by atoms with Crippen molar-refractivity contribution in [2.45, 2.75) is 32.1 Å². The Bertz CT molecular complexity index is 574. The first-order chi connectivity index (χ1) is 9.99. The lowest BCUT2D eigenvalue weighted by molar-refractivity contribution is -0.136. The van der Waals surface area contributed by atoms with E-state index >= 15 is 0 Å². The van der Waals surface area contributed by atoms with Gasteiger partial charge in [-0.1, -0.05) is 11.6 Å². The molecule has 21 heavy (non-hydrogen) atoms. The van der Waals surface area contributed by atoms with Gasteiger partial charge in [-0.25, -0.2) is 0 Å². The van der Waals surface area contributed by atoms with Gasteiger partial charge in [-0.15, -0.1) is 11.3 Å². The Morgan fingerprint density at radius 1 is 1.52 bits per heavy atom. The van der Waals surface area contributed by atoms with Crippen LogP contribution in [0.25, 0.3) is 0 Å². The molecule has 6 heteroatoms. The summed E-state index contributed by atoms with van der Waals surface area (Å²) in [6.07, 6.45) is 2.54. The third kappa shape index (κ3) is 2.94. The monoisotopic (exact) mass is 326 g/mol. The molecule has 2 amide bonds. The number of thiophene rings is 1. The van der Waals surface area contributed by atoms with E-state index in [9.17, 15) is 9.59 Å². The second-order valence-corrected chi connectivity index (χ2v) is 7.93. The smallest absolute Gasteiger partial charge is 0.230 e. The van der Waals surface area contributed by atoms with E-state index in [-0.39, 0.29) is 23.1 Å². The second-order valence-electron chi connectivity index (χ2n) is 6.18. The summed E-state index contributed by atoms with van der Waals surface area (Å²) in [6, 6.07) is 3.76. The molecule has 1 aromatic rings. The molecule has 2 saturated heterocycles. The molecule has 2 aliphatic rings. The molecule has 0 unspecified atom stereocenters. The summed E-state index contributed by atoms with van der Waals surface area (Å²) in [4.78, 5) is 27.2. The first-order valence-electron chi connectivity index (χ1n) is 7.30. The van der Waals surface area contributed by atoms with Crippen molar-refractivity contribution in [1.29, 1.82) is 0 Å². The molecule has 3 heterocycles. The summed E-state index contributed by atoms with van der Waals surface area (Å²) in [6.45, 7) is 4.12. The molecular weight excluding hydrogens is 308 g/mol. The average molecular weight is 327 g/mol. The third-order valence-corrected chi connectivity index (χ3v) is 5.97. The van der Waals surface area contributed by atoms with Crippen LogP contribution in [0.2, 0.25) is 4.34 Å². The van der Waals surface area contributed by atoms with Crippen LogP contribution in [0.3, 0.4) is 0 Å². The molecule has 2 aliphatic heterocycles. The van der Waals surface area contributed by atoms with Crippen molar-refractivity contribution in [2.75, 3.05) is 19.6 Å². The highest BCUT2D eigenvalue weighted by molar-refractivity contribution is 7.16. The summed E-state index contributed by atoms with van der Waals surface area (Å²) in [5, 5.41) is 2.91. The minimum absolute atomic E-state index is 0.0438. The van der Waals surface area contributed by atoms with Crippen LogP contribution in [0.5, 0.6) is 0 Å². The van der Waals surface area contributed by atoms with Gasteiger partial charge in [0.05, 0.1) is 10.3 Å². The highest BCUT2D eigenvalue weighted by Crippen LogP contribution is 2.37. The number of rotatable bonds is 2. The molecule has 0 aliphatic carbocycles. The molecule has 3 rings (SSSR count). The number of likely N-dealkylation sites (tertiary alicyclic amines) is 1. The predicted molar refractivity (Wildman–Crippen MR) is 83.6 cm³/mol. The molecule has 1 spiro atoms. The van der Waals surface area contributed by atoms with Gasteiger partial charge in [0.2, 0.25) is 11.8 Å². The lowest BCUT2D eigenvalue weighted by Gasteiger charge is -2.40. The Hall–Kier alpha value is -1.07. The molecule has 2 fully saturated rings. The highest BCUT2D eigenvalue weighted by Gasteiger charge is 2.43. The Kier molecular flexibility index (Phi) is 3.97. The lowest BCUT2D eigenvalue weighted by atomic mass is 9.79. The molecule has 2 atom stereocenters. The largest absolute Gasteiger partial charge is 0.355 e. The SMILES string of the molecule is C[C@@H](C(=O)N1CCC[C@@]2(CNC(=O)C2)C1)c1ccc(Cl)s1. The minimum Gasteiger partial charge on any atom is -0.355 e. The third-order valence-electron chi connectivity index (χ3n) is 4.56. The van der Waals surface area contributed by atoms with Crippen molar-refractivity contribution >= 4 is 34.8 Å². The van der Waals surface area contributed by atoms with Gasteiger partial charge >= 0.3 is 0 Å². The average Bonchev–Trinajstić information content (AvgIpc) is 3.04. The summed E-state index contributed by atoms with van der Waals surface area (Å²) in [5.74, 6) is 0.0945. The Morgan fingerprint density at radius 2 is 2.33 bits per heavy atom. The maximum absolute atomic E-state index is 12.7. The van der Waals surface area contributed by atoms with Crippen molar-refractivity contribution in [1.82, 2.24) is 10.2 Å². The van der Waals surface area contributed by atoms with Gasteiger partial charge in [-0.05, 0) is 31.9 Å². The van der Waals surface area contributed by atoms with Crippen molar-refractivity contribution in [3.8, 4) is 0 Å². The Labute approximate surface area is 133 Å². The molecule has 0 saturated carbocycles. The van der Waals surface area contributed by atoms with Crippen LogP contribution in [0.15, 0.2) is 12.1 Å². The quantitative estimate of drug-likeness (QED) is 0.908. The molecule has 4 nitrogen and oxygen atoms in total. The number of carbonyl (C=O) groups is 2. The van der Waals surface area contributed by atoms with Crippen LogP contribution in [-0.4, -0.2) is 36.3 Å². The summed E-state index contributed by atoms with van der Waals surface area (Å²) in [7, 11) is 0. The van der Waals surface area contributed by atoms with E-state index in [4.69, 9.17) is 11.6 Å². The fourth-order valence-electron chi connectivity index (χ4n) is 3.39. The first-order valence-corrected chi connectivity index (χ1v) is 8.49. The number of amides is 2. The summed E-state index contributed by atoms with van der Waals surface area (Å²) < 4.78 is 0.713. The normalized spacial score (nSPS) is 27.0. The number of nitrogens with one attached hydrogen (secondary N) is 1. The maximum Gasteiger partial charge on any atom is 0.230 e. The molecule has 1 aromatic heterocycles. The van der Waals surface area contributed by atoms with E-state index < -0.39 is 0 Å². The van der Waals surface area contributed by atoms with Crippen molar-refractivity contribution < 1.29 is 9.59 Å². The van der Waals surface area contributed by atoms with Gasteiger partial charge in [-0.2, -0.15) is 0 Å². The van der Waals surface area contributed by atoms with Gasteiger partial charge in [0, 0.05) is 36.3 Å². The lowest BCUT2D eigenvalue weighted by Crippen LogP contribution is -2.48. The first kappa shape index (κ1) is 14.9. The van der Waals surface area contributed by atoms with Gasteiger partial charge in [0.15, 0.2) is 0 Å². The molecule has 0 aromatic carbocycles. The standard InChI is InChI=1S/C15H19ClN2O2S/c1-10(11-3-4-12(16)21-11)14(20)18-6-2-5-15(9-18)7-13(19)17-8-15/h3-4,10H,2,5-9H2,1H3,(H,17,19)/t10-,15-/m1/s1. The van der Waals surface area contributed by atoms with Gasteiger partial charge in [0.1, 0.15) is 0 Å². The second kappa shape index (κ2) is 5.61. The number of hydrogen-bond acceptors (Lipinski definition) is 3. The van der Waals surface area contributed by atoms with E-state index in [0.717, 1.165) is 24.3 Å². The van der Waals surface area contributed by atoms with E-state index in [2.05, 4.69) is 5.32 Å². The Balaban J connectivity index is 1.71. The molecule has 0 radical (unpaired) electrons. The zero-order chi connectivity index (χ0) is 15.0. The Morgan fingerprint density at radius 3 is 2.95 bits per heavy atom. The van der Waals surface area contributed by atoms with Crippen molar-refractivity contribution in [2.24, 2.45) is 5.41 Å². The fraction of sp³-hybridized carbons (Fsp3) is 0.600. The van der Waals surface area contributed by atoms with Crippen LogP contribution in [0.1, 0.15) is 37.0 Å². The fourth-order valence-corrected chi connectivity index (χ4v) is 4.50. The highest BCUT2D eigenvalue weighted by atomic mass is 35.5. The number of nitrogens with zero attached hydrogens (tertiary/aromatic N) is 1. The number of hydrogen-bond donors (Lipinski definition) is 1. The minimum atomic E-state index is -0.164. The van der Waals surface area contributed by atoms with Crippen molar-refractivity contribution in [3.63, 3.8) is 0 Å². The molecule has 114 valence electrons. The molecule has 1 N–H and O–H groups in total. The van der Waals surface area contributed by atoms with Crippen LogP contribution in [0.4, 0.5) is 0 Å². The van der Waals surface area contributed by atoms with Crippen LogP contribution in [0, 0.1) is 5.41 Å². The maximum atomic E-state index is 12.7.